The van der Waals surface area contributed by atoms with Crippen LogP contribution in [0.2, 0.25) is 0 Å². The van der Waals surface area contributed by atoms with Gasteiger partial charge in [-0.1, -0.05) is 0 Å². The Morgan fingerprint density at radius 3 is 2.84 bits per heavy atom. The highest BCUT2D eigenvalue weighted by molar-refractivity contribution is 5.82. The summed E-state index contributed by atoms with van der Waals surface area (Å²) >= 11 is 0. The van der Waals surface area contributed by atoms with Crippen molar-refractivity contribution < 1.29 is 9.84 Å². The van der Waals surface area contributed by atoms with Gasteiger partial charge in [0.25, 0.3) is 0 Å². The molecule has 162 valence electrons. The molecule has 0 radical (unpaired) electrons. The maximum atomic E-state index is 9.43. The van der Waals surface area contributed by atoms with Gasteiger partial charge in [-0.25, -0.2) is 4.68 Å². The molecule has 9 nitrogen and oxygen atoms in total. The monoisotopic (exact) mass is 429 g/mol. The van der Waals surface area contributed by atoms with Crippen LogP contribution in [0.1, 0.15) is 48.3 Å². The molecule has 1 saturated carbocycles. The lowest BCUT2D eigenvalue weighted by atomic mass is 10.0. The molecule has 0 saturated heterocycles. The minimum atomic E-state index is -0.433. The number of aryl methyl sites for hydroxylation is 1. The summed E-state index contributed by atoms with van der Waals surface area (Å²) < 4.78 is 9.82. The van der Waals surface area contributed by atoms with E-state index in [2.05, 4.69) is 21.4 Å². The third-order valence-electron chi connectivity index (χ3n) is 5.70. The number of benzene rings is 1. The summed E-state index contributed by atoms with van der Waals surface area (Å²) in [5.74, 6) is 2.23. The van der Waals surface area contributed by atoms with E-state index in [1.165, 1.54) is 0 Å². The molecule has 4 aromatic rings. The van der Waals surface area contributed by atoms with Crippen molar-refractivity contribution in [2.24, 2.45) is 12.8 Å². The van der Waals surface area contributed by atoms with E-state index in [1.807, 2.05) is 41.9 Å². The summed E-state index contributed by atoms with van der Waals surface area (Å²) in [6, 6.07) is 12.8. The Labute approximate surface area is 184 Å². The van der Waals surface area contributed by atoms with Crippen LogP contribution in [-0.2, 0) is 7.05 Å². The lowest BCUT2D eigenvalue weighted by Crippen LogP contribution is -2.15. The Morgan fingerprint density at radius 2 is 2.09 bits per heavy atom. The second-order valence-electron chi connectivity index (χ2n) is 8.02. The molecule has 1 unspecified atom stereocenters. The van der Waals surface area contributed by atoms with Crippen LogP contribution in [0.5, 0.6) is 11.6 Å². The van der Waals surface area contributed by atoms with Crippen LogP contribution in [0.25, 0.3) is 16.8 Å². The molecule has 1 aliphatic carbocycles. The average molecular weight is 429 g/mol. The van der Waals surface area contributed by atoms with Crippen molar-refractivity contribution in [2.45, 2.75) is 31.2 Å². The SMILES string of the molecule is Cn1nc(C2CC2)cc1Oc1cc(C#N)ccc1-c1cccn2c(C(N)CCO)nnc12. The van der Waals surface area contributed by atoms with Crippen molar-refractivity contribution in [2.75, 3.05) is 6.61 Å². The summed E-state index contributed by atoms with van der Waals surface area (Å²) in [7, 11) is 1.85. The van der Waals surface area contributed by atoms with E-state index < -0.39 is 6.04 Å². The number of nitriles is 1. The lowest BCUT2D eigenvalue weighted by Gasteiger charge is -2.13. The molecule has 0 aliphatic heterocycles. The Morgan fingerprint density at radius 1 is 1.25 bits per heavy atom. The van der Waals surface area contributed by atoms with Crippen LogP contribution < -0.4 is 10.5 Å². The van der Waals surface area contributed by atoms with Gasteiger partial charge in [0.05, 0.1) is 23.4 Å². The molecule has 0 bridgehead atoms. The van der Waals surface area contributed by atoms with Gasteiger partial charge in [-0.2, -0.15) is 10.4 Å². The highest BCUT2D eigenvalue weighted by Gasteiger charge is 2.27. The van der Waals surface area contributed by atoms with Gasteiger partial charge < -0.3 is 15.6 Å². The van der Waals surface area contributed by atoms with Crippen molar-refractivity contribution in [1.29, 1.82) is 5.26 Å². The topological polar surface area (TPSA) is 127 Å². The molecule has 1 atom stereocenters. The second kappa shape index (κ2) is 8.07. The molecule has 3 N–H and O–H groups in total. The largest absolute Gasteiger partial charge is 0.439 e. The van der Waals surface area contributed by atoms with Gasteiger partial charge in [0.1, 0.15) is 5.75 Å². The predicted octanol–water partition coefficient (Wildman–Crippen LogP) is 3.05. The van der Waals surface area contributed by atoms with Crippen molar-refractivity contribution in [3.63, 3.8) is 0 Å². The van der Waals surface area contributed by atoms with Gasteiger partial charge in [-0.15, -0.1) is 10.2 Å². The zero-order valence-electron chi connectivity index (χ0n) is 17.6. The Hall–Kier alpha value is -3.74. The van der Waals surface area contributed by atoms with Crippen LogP contribution in [0.3, 0.4) is 0 Å². The fourth-order valence-electron chi connectivity index (χ4n) is 3.82. The molecule has 5 rings (SSSR count). The Bertz CT molecular complexity index is 1330. The number of fused-ring (bicyclic) bond motifs is 1. The van der Waals surface area contributed by atoms with Crippen LogP contribution in [0.15, 0.2) is 42.6 Å². The molecule has 1 aliphatic rings. The van der Waals surface area contributed by atoms with Crippen molar-refractivity contribution in [3.05, 3.63) is 59.7 Å². The van der Waals surface area contributed by atoms with Gasteiger partial charge in [0, 0.05) is 43.0 Å². The number of hydrogen-bond donors (Lipinski definition) is 2. The molecule has 9 heteroatoms. The number of rotatable bonds is 7. The van der Waals surface area contributed by atoms with Crippen LogP contribution in [-0.4, -0.2) is 36.1 Å². The molecular formula is C23H23N7O2. The van der Waals surface area contributed by atoms with Crippen molar-refractivity contribution >= 4 is 5.65 Å². The Balaban J connectivity index is 1.60. The van der Waals surface area contributed by atoms with Gasteiger partial charge in [-0.05, 0) is 49.6 Å². The fraction of sp³-hybridized carbons (Fsp3) is 0.304. The number of ether oxygens (including phenoxy) is 1. The zero-order chi connectivity index (χ0) is 22.2. The number of aliphatic hydroxyl groups excluding tert-OH is 1. The molecule has 1 fully saturated rings. The minimum Gasteiger partial charge on any atom is -0.439 e. The van der Waals surface area contributed by atoms with Crippen molar-refractivity contribution in [1.82, 2.24) is 24.4 Å². The highest BCUT2D eigenvalue weighted by atomic mass is 16.5. The Kier molecular flexibility index (Phi) is 5.09. The average Bonchev–Trinajstić information content (AvgIpc) is 3.46. The van der Waals surface area contributed by atoms with E-state index in [1.54, 1.807) is 16.8 Å². The number of aromatic nitrogens is 5. The van der Waals surface area contributed by atoms with E-state index in [4.69, 9.17) is 10.5 Å². The number of aliphatic hydroxyl groups is 1. The predicted molar refractivity (Wildman–Crippen MR) is 117 cm³/mol. The first-order chi connectivity index (χ1) is 15.6. The summed E-state index contributed by atoms with van der Waals surface area (Å²) in [5.41, 5.74) is 9.89. The molecule has 3 heterocycles. The van der Waals surface area contributed by atoms with Gasteiger partial charge in [0.2, 0.25) is 5.88 Å². The number of nitrogens with two attached hydrogens (primary N) is 1. The molecule has 0 spiro atoms. The fourth-order valence-corrected chi connectivity index (χ4v) is 3.82. The summed E-state index contributed by atoms with van der Waals surface area (Å²) in [4.78, 5) is 0. The van der Waals surface area contributed by atoms with E-state index in [9.17, 15) is 10.4 Å². The van der Waals surface area contributed by atoms with Crippen LogP contribution >= 0.6 is 0 Å². The summed E-state index contributed by atoms with van der Waals surface area (Å²) in [6.45, 7) is -0.0308. The maximum absolute atomic E-state index is 9.43. The first-order valence-corrected chi connectivity index (χ1v) is 10.6. The van der Waals surface area contributed by atoms with E-state index in [0.717, 1.165) is 29.7 Å². The molecule has 1 aromatic carbocycles. The molecular weight excluding hydrogens is 406 g/mol. The summed E-state index contributed by atoms with van der Waals surface area (Å²) in [5, 5.41) is 31.9. The molecule has 32 heavy (non-hydrogen) atoms. The standard InChI is InChI=1S/C23H23N7O2/c1-29-21(12-19(28-29)15-5-6-15)32-20-11-14(13-24)4-7-16(20)17-3-2-9-30-22(17)26-27-23(30)18(25)8-10-31/h2-4,7,9,11-12,15,18,31H,5-6,8,10,25H2,1H3. The summed E-state index contributed by atoms with van der Waals surface area (Å²) in [6.07, 6.45) is 4.54. The third-order valence-corrected chi connectivity index (χ3v) is 5.70. The third kappa shape index (κ3) is 3.60. The first-order valence-electron chi connectivity index (χ1n) is 10.6. The van der Waals surface area contributed by atoms with Crippen molar-refractivity contribution in [3.8, 4) is 28.8 Å². The maximum Gasteiger partial charge on any atom is 0.217 e. The van der Waals surface area contributed by atoms with Crippen LogP contribution in [0.4, 0.5) is 0 Å². The van der Waals surface area contributed by atoms with Gasteiger partial charge in [-0.3, -0.25) is 4.40 Å². The second-order valence-corrected chi connectivity index (χ2v) is 8.02. The first kappa shape index (κ1) is 20.2. The zero-order valence-corrected chi connectivity index (χ0v) is 17.6. The van der Waals surface area contributed by atoms with Crippen LogP contribution in [0, 0.1) is 11.3 Å². The lowest BCUT2D eigenvalue weighted by molar-refractivity contribution is 0.274. The minimum absolute atomic E-state index is 0.0308. The van der Waals surface area contributed by atoms with Gasteiger partial charge >= 0.3 is 0 Å². The molecule has 3 aromatic heterocycles. The smallest absolute Gasteiger partial charge is 0.217 e. The van der Waals surface area contributed by atoms with E-state index in [-0.39, 0.29) is 6.61 Å². The highest BCUT2D eigenvalue weighted by Crippen LogP contribution is 2.42. The normalized spacial score (nSPS) is 14.4. The van der Waals surface area contributed by atoms with E-state index >= 15 is 0 Å². The number of pyridine rings is 1. The van der Waals surface area contributed by atoms with Gasteiger partial charge in [0.15, 0.2) is 11.5 Å². The molecule has 0 amide bonds. The number of nitrogens with zero attached hydrogens (tertiary/aromatic N) is 6. The number of hydrogen-bond acceptors (Lipinski definition) is 7. The van der Waals surface area contributed by atoms with E-state index in [0.29, 0.717) is 41.0 Å². The quantitative estimate of drug-likeness (QED) is 0.462.